The van der Waals surface area contributed by atoms with Gasteiger partial charge in [-0.25, -0.2) is 4.98 Å². The molecule has 2 rings (SSSR count). The van der Waals surface area contributed by atoms with E-state index in [9.17, 15) is 44.3 Å². The number of alkyl halides is 9. The Balaban J connectivity index is 2.14. The zero-order valence-electron chi connectivity index (χ0n) is 14.6. The lowest BCUT2D eigenvalue weighted by atomic mass is 10.0. The van der Waals surface area contributed by atoms with Crippen LogP contribution in [0.1, 0.15) is 10.4 Å². The Bertz CT molecular complexity index is 942. The SMILES string of the molecule is O=C(N[n+]1ccncc1)c1cnc(OCC(F)(F)C(F)(F)C(F)(F)C(F)(F)F)c(Cl)c1. The van der Waals surface area contributed by atoms with E-state index in [1.807, 2.05) is 0 Å². The molecule has 0 atom stereocenters. The van der Waals surface area contributed by atoms with Crippen molar-refractivity contribution >= 4 is 17.5 Å². The lowest BCUT2D eigenvalue weighted by Gasteiger charge is -2.33. The average molecular weight is 484 g/mol. The smallest absolute Gasteiger partial charge is 0.460 e. The van der Waals surface area contributed by atoms with Gasteiger partial charge in [0.05, 0.1) is 18.0 Å². The van der Waals surface area contributed by atoms with Crippen molar-refractivity contribution in [3.05, 3.63) is 47.6 Å². The molecule has 0 spiro atoms. The van der Waals surface area contributed by atoms with Gasteiger partial charge in [-0.15, -0.1) is 5.43 Å². The molecule has 0 aliphatic carbocycles. The molecule has 170 valence electrons. The van der Waals surface area contributed by atoms with Gasteiger partial charge in [-0.1, -0.05) is 16.3 Å². The summed E-state index contributed by atoms with van der Waals surface area (Å²) in [5, 5.41) is -0.686. The van der Waals surface area contributed by atoms with Gasteiger partial charge in [-0.3, -0.25) is 9.78 Å². The Morgan fingerprint density at radius 2 is 1.61 bits per heavy atom. The predicted molar refractivity (Wildman–Crippen MR) is 83.8 cm³/mol. The number of amides is 1. The van der Waals surface area contributed by atoms with Crippen LogP contribution in [0.2, 0.25) is 5.02 Å². The molecule has 0 aliphatic rings. The minimum Gasteiger partial charge on any atom is -0.470 e. The molecule has 2 aromatic rings. The van der Waals surface area contributed by atoms with E-state index >= 15 is 0 Å². The molecule has 0 unspecified atom stereocenters. The molecule has 0 fully saturated rings. The van der Waals surface area contributed by atoms with Gasteiger partial charge in [-0.2, -0.15) is 39.5 Å². The summed E-state index contributed by atoms with van der Waals surface area (Å²) in [6.45, 7) is -2.61. The quantitative estimate of drug-likeness (QED) is 0.482. The third kappa shape index (κ3) is 4.91. The van der Waals surface area contributed by atoms with Gasteiger partial charge in [0.25, 0.3) is 0 Å². The van der Waals surface area contributed by atoms with E-state index < -0.39 is 47.4 Å². The maximum Gasteiger partial charge on any atom is 0.460 e. The molecule has 2 aromatic heterocycles. The van der Waals surface area contributed by atoms with Gasteiger partial charge in [-0.05, 0) is 6.07 Å². The van der Waals surface area contributed by atoms with Crippen molar-refractivity contribution in [2.45, 2.75) is 23.9 Å². The zero-order chi connectivity index (χ0) is 23.7. The van der Waals surface area contributed by atoms with Crippen LogP contribution in [0, 0.1) is 0 Å². The maximum absolute atomic E-state index is 13.5. The molecule has 0 aliphatic heterocycles. The highest BCUT2D eigenvalue weighted by Gasteiger charge is 2.81. The van der Waals surface area contributed by atoms with Crippen molar-refractivity contribution in [3.63, 3.8) is 0 Å². The first-order valence-corrected chi connectivity index (χ1v) is 8.09. The third-order valence-corrected chi connectivity index (χ3v) is 3.80. The van der Waals surface area contributed by atoms with E-state index in [-0.39, 0.29) is 5.56 Å². The van der Waals surface area contributed by atoms with E-state index in [1.165, 1.54) is 24.8 Å². The largest absolute Gasteiger partial charge is 0.470 e. The van der Waals surface area contributed by atoms with Crippen LogP contribution in [0.3, 0.4) is 0 Å². The second kappa shape index (κ2) is 8.36. The number of pyridine rings is 1. The molecule has 0 bridgehead atoms. The van der Waals surface area contributed by atoms with Gasteiger partial charge in [0.2, 0.25) is 18.3 Å². The number of rotatable bonds is 7. The lowest BCUT2D eigenvalue weighted by Crippen LogP contribution is -2.62. The molecule has 0 saturated heterocycles. The van der Waals surface area contributed by atoms with Crippen molar-refractivity contribution in [2.24, 2.45) is 0 Å². The van der Waals surface area contributed by atoms with Crippen LogP contribution in [0.15, 0.2) is 37.1 Å². The Kier molecular flexibility index (Phi) is 6.59. The fourth-order valence-electron chi connectivity index (χ4n) is 1.89. The predicted octanol–water partition coefficient (Wildman–Crippen LogP) is 3.65. The van der Waals surface area contributed by atoms with E-state index in [0.29, 0.717) is 6.20 Å². The van der Waals surface area contributed by atoms with Crippen molar-refractivity contribution < 1.29 is 53.7 Å². The van der Waals surface area contributed by atoms with Crippen molar-refractivity contribution in [2.75, 3.05) is 12.0 Å². The summed E-state index contributed by atoms with van der Waals surface area (Å²) in [7, 11) is 0. The first-order valence-electron chi connectivity index (χ1n) is 7.71. The van der Waals surface area contributed by atoms with Gasteiger partial charge < -0.3 is 4.74 Å². The first kappa shape index (κ1) is 24.4. The van der Waals surface area contributed by atoms with E-state index in [0.717, 1.165) is 10.7 Å². The molecule has 1 amide bonds. The topological polar surface area (TPSA) is 68.0 Å². The summed E-state index contributed by atoms with van der Waals surface area (Å²) in [5.41, 5.74) is 2.04. The molecule has 16 heteroatoms. The number of hydrogen-bond acceptors (Lipinski definition) is 4. The summed E-state index contributed by atoms with van der Waals surface area (Å²) in [4.78, 5) is 19.0. The second-order valence-electron chi connectivity index (χ2n) is 5.74. The summed E-state index contributed by atoms with van der Waals surface area (Å²) < 4.78 is 121. The Hall–Kier alpha value is -2.84. The summed E-state index contributed by atoms with van der Waals surface area (Å²) >= 11 is 5.64. The van der Waals surface area contributed by atoms with Gasteiger partial charge in [0.1, 0.15) is 5.02 Å². The number of hydrogen-bond donors (Lipinski definition) is 1. The molecule has 0 saturated carbocycles. The van der Waals surface area contributed by atoms with Crippen LogP contribution >= 0.6 is 11.6 Å². The van der Waals surface area contributed by atoms with Crippen molar-refractivity contribution in [3.8, 4) is 5.88 Å². The maximum atomic E-state index is 13.5. The van der Waals surface area contributed by atoms with Crippen LogP contribution in [-0.2, 0) is 0 Å². The van der Waals surface area contributed by atoms with Gasteiger partial charge in [0.15, 0.2) is 6.61 Å². The molecule has 0 radical (unpaired) electrons. The molecule has 2 heterocycles. The number of carbonyl (C=O) groups excluding carboxylic acids is 1. The number of aromatic nitrogens is 3. The standard InChI is InChI=1S/C15H8ClF9N4O2/c16-9-5-8(10(30)28-29-3-1-26-2-4-29)6-27-11(9)31-7-12(17,18)13(19,20)14(21,22)15(23,24)25/h1-6H,7H2/p+1. The van der Waals surface area contributed by atoms with Crippen molar-refractivity contribution in [1.29, 1.82) is 0 Å². The molecule has 31 heavy (non-hydrogen) atoms. The molecule has 6 nitrogen and oxygen atoms in total. The number of nitrogens with one attached hydrogen (secondary N) is 1. The number of carbonyl (C=O) groups is 1. The third-order valence-electron chi connectivity index (χ3n) is 3.53. The summed E-state index contributed by atoms with van der Waals surface area (Å²) in [5.74, 6) is -21.7. The highest BCUT2D eigenvalue weighted by molar-refractivity contribution is 6.32. The second-order valence-corrected chi connectivity index (χ2v) is 6.15. The summed E-state index contributed by atoms with van der Waals surface area (Å²) in [6.07, 6.45) is -0.926. The van der Waals surface area contributed by atoms with E-state index in [2.05, 4.69) is 20.1 Å². The van der Waals surface area contributed by atoms with Crippen LogP contribution in [0.5, 0.6) is 5.88 Å². The van der Waals surface area contributed by atoms with Crippen LogP contribution < -0.4 is 14.8 Å². The Labute approximate surface area is 171 Å². The zero-order valence-corrected chi connectivity index (χ0v) is 15.4. The Morgan fingerprint density at radius 3 is 2.13 bits per heavy atom. The monoisotopic (exact) mass is 483 g/mol. The van der Waals surface area contributed by atoms with E-state index in [1.54, 1.807) is 0 Å². The highest BCUT2D eigenvalue weighted by atomic mass is 35.5. The van der Waals surface area contributed by atoms with E-state index in [4.69, 9.17) is 11.6 Å². The molecule has 1 N–H and O–H groups in total. The summed E-state index contributed by atoms with van der Waals surface area (Å²) in [6, 6.07) is 0.807. The highest BCUT2D eigenvalue weighted by Crippen LogP contribution is 2.53. The molecular weight excluding hydrogens is 475 g/mol. The minimum absolute atomic E-state index is 0.262. The number of ether oxygens (including phenoxy) is 1. The van der Waals surface area contributed by atoms with Crippen molar-refractivity contribution in [1.82, 2.24) is 9.97 Å². The molecular formula is C15H9ClF9N4O2+. The average Bonchev–Trinajstić information content (AvgIpc) is 2.66. The first-order chi connectivity index (χ1) is 14.1. The fraction of sp³-hybridized carbons (Fsp3) is 0.333. The number of halogens is 10. The normalized spacial score (nSPS) is 13.1. The van der Waals surface area contributed by atoms with Gasteiger partial charge in [0, 0.05) is 6.20 Å². The van der Waals surface area contributed by atoms with Crippen LogP contribution in [0.25, 0.3) is 0 Å². The van der Waals surface area contributed by atoms with Gasteiger partial charge >= 0.3 is 29.9 Å². The Morgan fingerprint density at radius 1 is 1.03 bits per heavy atom. The number of nitrogens with zero attached hydrogens (tertiary/aromatic N) is 3. The van der Waals surface area contributed by atoms with Crippen LogP contribution in [0.4, 0.5) is 39.5 Å². The van der Waals surface area contributed by atoms with Crippen LogP contribution in [-0.4, -0.2) is 46.4 Å². The minimum atomic E-state index is -7.04. The molecule has 0 aromatic carbocycles. The lowest BCUT2D eigenvalue weighted by molar-refractivity contribution is -0.641. The fourth-order valence-corrected chi connectivity index (χ4v) is 2.11.